The van der Waals surface area contributed by atoms with E-state index in [4.69, 9.17) is 0 Å². The highest BCUT2D eigenvalue weighted by atomic mass is 19.1. The van der Waals surface area contributed by atoms with E-state index < -0.39 is 6.10 Å². The lowest BCUT2D eigenvalue weighted by Gasteiger charge is -2.29. The molecule has 1 saturated heterocycles. The van der Waals surface area contributed by atoms with Gasteiger partial charge in [-0.2, -0.15) is 0 Å². The quantitative estimate of drug-likeness (QED) is 0.784. The molecule has 1 unspecified atom stereocenters. The summed E-state index contributed by atoms with van der Waals surface area (Å²) in [5.41, 5.74) is 0.374. The molecular formula is C16H25FN2O. The molecule has 1 aliphatic rings. The fourth-order valence-electron chi connectivity index (χ4n) is 2.75. The van der Waals surface area contributed by atoms with Crippen LogP contribution in [0.5, 0.6) is 0 Å². The molecule has 0 bridgehead atoms. The van der Waals surface area contributed by atoms with E-state index in [0.717, 1.165) is 18.9 Å². The zero-order valence-electron chi connectivity index (χ0n) is 12.2. The van der Waals surface area contributed by atoms with Crippen molar-refractivity contribution in [3.63, 3.8) is 0 Å². The minimum Gasteiger partial charge on any atom is -0.387 e. The molecule has 2 N–H and O–H groups in total. The summed E-state index contributed by atoms with van der Waals surface area (Å²) in [6, 6.07) is 6.41. The lowest BCUT2D eigenvalue weighted by atomic mass is 9.94. The summed E-state index contributed by atoms with van der Waals surface area (Å²) in [5.74, 6) is 0.446. The molecule has 1 aliphatic heterocycles. The molecular weight excluding hydrogens is 255 g/mol. The Hall–Kier alpha value is -0.970. The number of piperidine rings is 1. The minimum absolute atomic E-state index is 0.336. The van der Waals surface area contributed by atoms with Gasteiger partial charge in [0.05, 0.1) is 6.10 Å². The van der Waals surface area contributed by atoms with E-state index >= 15 is 0 Å². The van der Waals surface area contributed by atoms with Crippen LogP contribution in [-0.4, -0.2) is 43.2 Å². The normalized spacial score (nSPS) is 19.1. The predicted molar refractivity (Wildman–Crippen MR) is 79.1 cm³/mol. The van der Waals surface area contributed by atoms with Gasteiger partial charge in [0.15, 0.2) is 0 Å². The van der Waals surface area contributed by atoms with Crippen molar-refractivity contribution in [2.75, 3.05) is 33.2 Å². The summed E-state index contributed by atoms with van der Waals surface area (Å²) in [4.78, 5) is 2.37. The van der Waals surface area contributed by atoms with Crippen molar-refractivity contribution in [3.8, 4) is 0 Å². The Morgan fingerprint density at radius 1 is 1.35 bits per heavy atom. The van der Waals surface area contributed by atoms with Crippen LogP contribution in [-0.2, 0) is 0 Å². The number of halogens is 1. The van der Waals surface area contributed by atoms with Gasteiger partial charge in [0.2, 0.25) is 0 Å². The van der Waals surface area contributed by atoms with Gasteiger partial charge in [-0.15, -0.1) is 0 Å². The van der Waals surface area contributed by atoms with Gasteiger partial charge >= 0.3 is 0 Å². The standard InChI is InChI=1S/C16H25FN2O/c1-19-10-7-13(8-11-19)6-9-18-12-16(20)14-4-2-3-5-15(14)17/h2-5,13,16,18,20H,6-12H2,1H3. The van der Waals surface area contributed by atoms with Crippen molar-refractivity contribution in [2.45, 2.75) is 25.4 Å². The smallest absolute Gasteiger partial charge is 0.129 e. The third-order valence-corrected chi connectivity index (χ3v) is 4.17. The van der Waals surface area contributed by atoms with Gasteiger partial charge in [-0.25, -0.2) is 4.39 Å². The van der Waals surface area contributed by atoms with Crippen LogP contribution in [0.3, 0.4) is 0 Å². The molecule has 0 aromatic heterocycles. The SMILES string of the molecule is CN1CCC(CCNCC(O)c2ccccc2F)CC1. The van der Waals surface area contributed by atoms with Crippen molar-refractivity contribution < 1.29 is 9.50 Å². The van der Waals surface area contributed by atoms with Crippen LogP contribution in [0.2, 0.25) is 0 Å². The number of likely N-dealkylation sites (tertiary alicyclic amines) is 1. The van der Waals surface area contributed by atoms with Crippen LogP contribution in [0, 0.1) is 11.7 Å². The molecule has 2 rings (SSSR count). The van der Waals surface area contributed by atoms with Crippen molar-refractivity contribution in [2.24, 2.45) is 5.92 Å². The summed E-state index contributed by atoms with van der Waals surface area (Å²) in [7, 11) is 2.17. The maximum absolute atomic E-state index is 13.5. The lowest BCUT2D eigenvalue weighted by Crippen LogP contribution is -2.32. The molecule has 1 aromatic carbocycles. The Balaban J connectivity index is 1.65. The number of rotatable bonds is 6. The predicted octanol–water partition coefficient (Wildman–Crippen LogP) is 2.18. The van der Waals surface area contributed by atoms with Crippen LogP contribution < -0.4 is 5.32 Å². The van der Waals surface area contributed by atoms with Crippen molar-refractivity contribution in [3.05, 3.63) is 35.6 Å². The van der Waals surface area contributed by atoms with Gasteiger partial charge in [0, 0.05) is 12.1 Å². The Labute approximate surface area is 120 Å². The molecule has 20 heavy (non-hydrogen) atoms. The number of benzene rings is 1. The zero-order valence-corrected chi connectivity index (χ0v) is 12.2. The maximum atomic E-state index is 13.5. The largest absolute Gasteiger partial charge is 0.387 e. The number of nitrogens with zero attached hydrogens (tertiary/aromatic N) is 1. The molecule has 1 heterocycles. The van der Waals surface area contributed by atoms with Crippen LogP contribution in [0.4, 0.5) is 4.39 Å². The van der Waals surface area contributed by atoms with Gasteiger partial charge in [0.25, 0.3) is 0 Å². The lowest BCUT2D eigenvalue weighted by molar-refractivity contribution is 0.166. The molecule has 0 aliphatic carbocycles. The highest BCUT2D eigenvalue weighted by Crippen LogP contribution is 2.19. The van der Waals surface area contributed by atoms with Crippen LogP contribution in [0.25, 0.3) is 0 Å². The molecule has 0 radical (unpaired) electrons. The second-order valence-corrected chi connectivity index (χ2v) is 5.78. The minimum atomic E-state index is -0.770. The Morgan fingerprint density at radius 3 is 2.75 bits per heavy atom. The maximum Gasteiger partial charge on any atom is 0.129 e. The van der Waals surface area contributed by atoms with Crippen LogP contribution >= 0.6 is 0 Å². The van der Waals surface area contributed by atoms with Gasteiger partial charge in [-0.05, 0) is 57.9 Å². The molecule has 3 nitrogen and oxygen atoms in total. The van der Waals surface area contributed by atoms with Crippen molar-refractivity contribution in [1.29, 1.82) is 0 Å². The second-order valence-electron chi connectivity index (χ2n) is 5.78. The number of hydrogen-bond acceptors (Lipinski definition) is 3. The Bertz CT molecular complexity index is 405. The van der Waals surface area contributed by atoms with E-state index in [1.165, 1.54) is 32.0 Å². The summed E-state index contributed by atoms with van der Waals surface area (Å²) in [5, 5.41) is 13.2. The monoisotopic (exact) mass is 280 g/mol. The molecule has 1 atom stereocenters. The first-order chi connectivity index (χ1) is 9.66. The molecule has 4 heteroatoms. The molecule has 0 amide bonds. The highest BCUT2D eigenvalue weighted by Gasteiger charge is 2.16. The fourth-order valence-corrected chi connectivity index (χ4v) is 2.75. The fraction of sp³-hybridized carbons (Fsp3) is 0.625. The molecule has 0 spiro atoms. The Morgan fingerprint density at radius 2 is 2.05 bits per heavy atom. The molecule has 112 valence electrons. The Kier molecular flexibility index (Phi) is 5.95. The summed E-state index contributed by atoms with van der Waals surface area (Å²) in [6.07, 6.45) is 2.88. The second kappa shape index (κ2) is 7.72. The van der Waals surface area contributed by atoms with Gasteiger partial charge in [-0.3, -0.25) is 0 Å². The summed E-state index contributed by atoms with van der Waals surface area (Å²) in [6.45, 7) is 3.67. The first kappa shape index (κ1) is 15.4. The third kappa shape index (κ3) is 4.54. The van der Waals surface area contributed by atoms with E-state index in [1.54, 1.807) is 18.2 Å². The number of aliphatic hydroxyl groups is 1. The first-order valence-electron chi connectivity index (χ1n) is 7.48. The summed E-state index contributed by atoms with van der Waals surface area (Å²) >= 11 is 0. The van der Waals surface area contributed by atoms with E-state index in [2.05, 4.69) is 17.3 Å². The van der Waals surface area contributed by atoms with Gasteiger partial charge < -0.3 is 15.3 Å². The van der Waals surface area contributed by atoms with Gasteiger partial charge in [-0.1, -0.05) is 18.2 Å². The zero-order chi connectivity index (χ0) is 14.4. The molecule has 0 saturated carbocycles. The van der Waals surface area contributed by atoms with E-state index in [9.17, 15) is 9.50 Å². The van der Waals surface area contributed by atoms with E-state index in [-0.39, 0.29) is 5.82 Å². The van der Waals surface area contributed by atoms with Crippen LogP contribution in [0.1, 0.15) is 30.9 Å². The van der Waals surface area contributed by atoms with E-state index in [1.807, 2.05) is 0 Å². The van der Waals surface area contributed by atoms with Crippen LogP contribution in [0.15, 0.2) is 24.3 Å². The van der Waals surface area contributed by atoms with E-state index in [0.29, 0.717) is 12.1 Å². The number of nitrogens with one attached hydrogen (secondary N) is 1. The number of hydrogen-bond donors (Lipinski definition) is 2. The van der Waals surface area contributed by atoms with Gasteiger partial charge in [0.1, 0.15) is 5.82 Å². The van der Waals surface area contributed by atoms with Crippen molar-refractivity contribution >= 4 is 0 Å². The average Bonchev–Trinajstić information content (AvgIpc) is 2.46. The topological polar surface area (TPSA) is 35.5 Å². The average molecular weight is 280 g/mol. The third-order valence-electron chi connectivity index (χ3n) is 4.17. The summed E-state index contributed by atoms with van der Waals surface area (Å²) < 4.78 is 13.5. The molecule has 1 fully saturated rings. The highest BCUT2D eigenvalue weighted by molar-refractivity contribution is 5.19. The first-order valence-corrected chi connectivity index (χ1v) is 7.48. The molecule has 1 aromatic rings. The number of aliphatic hydroxyl groups excluding tert-OH is 1. The van der Waals surface area contributed by atoms with Crippen molar-refractivity contribution in [1.82, 2.24) is 10.2 Å².